The van der Waals surface area contributed by atoms with Crippen molar-refractivity contribution in [1.82, 2.24) is 4.90 Å². The maximum absolute atomic E-state index is 5.27. The van der Waals surface area contributed by atoms with E-state index in [9.17, 15) is 0 Å². The summed E-state index contributed by atoms with van der Waals surface area (Å²) >= 11 is 0. The summed E-state index contributed by atoms with van der Waals surface area (Å²) in [6.07, 6.45) is 0. The van der Waals surface area contributed by atoms with E-state index in [2.05, 4.69) is 30.7 Å². The molecule has 0 saturated carbocycles. The van der Waals surface area contributed by atoms with Crippen molar-refractivity contribution < 1.29 is 4.74 Å². The van der Waals surface area contributed by atoms with E-state index in [0.29, 0.717) is 12.4 Å². The van der Waals surface area contributed by atoms with E-state index >= 15 is 0 Å². The zero-order chi connectivity index (χ0) is 12.3. The number of nitrogens with zero attached hydrogens (tertiary/aromatic N) is 1. The van der Waals surface area contributed by atoms with Gasteiger partial charge in [0.15, 0.2) is 5.76 Å². The molecule has 0 spiro atoms. The van der Waals surface area contributed by atoms with Crippen LogP contribution in [0.3, 0.4) is 0 Å². The van der Waals surface area contributed by atoms with E-state index in [-0.39, 0.29) is 0 Å². The Kier molecular flexibility index (Phi) is 11.9. The molecule has 1 heterocycles. The van der Waals surface area contributed by atoms with E-state index < -0.39 is 0 Å². The minimum atomic E-state index is 0.693. The molecule has 1 saturated heterocycles. The highest BCUT2D eigenvalue weighted by Gasteiger charge is 2.16. The molecular weight excluding hydrogens is 186 g/mol. The average Bonchev–Trinajstić information content (AvgIpc) is 2.34. The third-order valence-electron chi connectivity index (χ3n) is 1.79. The first-order valence-corrected chi connectivity index (χ1v) is 5.76. The zero-order valence-corrected chi connectivity index (χ0v) is 10.9. The average molecular weight is 211 g/mol. The molecule has 0 atom stereocenters. The van der Waals surface area contributed by atoms with Crippen molar-refractivity contribution in [1.29, 1.82) is 0 Å². The maximum atomic E-state index is 5.27. The van der Waals surface area contributed by atoms with Crippen molar-refractivity contribution >= 4 is 0 Å². The first kappa shape index (κ1) is 16.3. The van der Waals surface area contributed by atoms with Gasteiger partial charge in [-0.1, -0.05) is 46.6 Å². The van der Waals surface area contributed by atoms with Gasteiger partial charge in [-0.05, 0) is 6.92 Å². The Morgan fingerprint density at radius 1 is 1.33 bits per heavy atom. The molecule has 2 heteroatoms. The standard InChI is InChI=1S/C9H13NO.2C2H6/c1-4-9-8(3)10(5-2)6-7-11-9;2*1-2/h1,3,5-7H2,2H3;2*1-2H3. The van der Waals surface area contributed by atoms with Gasteiger partial charge in [0.25, 0.3) is 0 Å². The highest BCUT2D eigenvalue weighted by Crippen LogP contribution is 2.17. The number of morpholine rings is 1. The van der Waals surface area contributed by atoms with Crippen LogP contribution in [0.2, 0.25) is 0 Å². The summed E-state index contributed by atoms with van der Waals surface area (Å²) in [7, 11) is 0. The van der Waals surface area contributed by atoms with Crippen molar-refractivity contribution in [2.45, 2.75) is 34.6 Å². The Morgan fingerprint density at radius 2 is 1.87 bits per heavy atom. The molecule has 1 aliphatic rings. The Labute approximate surface area is 94.9 Å². The third kappa shape index (κ3) is 5.34. The Hall–Kier alpha value is -1.14. The van der Waals surface area contributed by atoms with E-state index in [1.165, 1.54) is 0 Å². The molecule has 0 aromatic rings. The van der Waals surface area contributed by atoms with Crippen LogP contribution in [0.1, 0.15) is 34.6 Å². The molecule has 0 unspecified atom stereocenters. The zero-order valence-electron chi connectivity index (χ0n) is 10.9. The van der Waals surface area contributed by atoms with Gasteiger partial charge in [-0.2, -0.15) is 0 Å². The Balaban J connectivity index is 0. The lowest BCUT2D eigenvalue weighted by atomic mass is 10.3. The van der Waals surface area contributed by atoms with Gasteiger partial charge in [0.05, 0.1) is 12.2 Å². The van der Waals surface area contributed by atoms with Crippen molar-refractivity contribution in [3.8, 4) is 0 Å². The summed E-state index contributed by atoms with van der Waals surface area (Å²) in [6, 6.07) is 0. The molecule has 0 aromatic carbocycles. The van der Waals surface area contributed by atoms with Crippen LogP contribution in [0.15, 0.2) is 30.3 Å². The van der Waals surface area contributed by atoms with Crippen LogP contribution >= 0.6 is 0 Å². The summed E-state index contributed by atoms with van der Waals surface area (Å²) < 4.78 is 5.27. The molecule has 0 radical (unpaired) electrons. The smallest absolute Gasteiger partial charge is 0.184 e. The molecule has 0 amide bonds. The lowest BCUT2D eigenvalue weighted by Gasteiger charge is -2.30. The first-order chi connectivity index (χ1) is 7.29. The molecule has 0 aliphatic carbocycles. The normalized spacial score (nSPS) is 13.8. The fourth-order valence-electron chi connectivity index (χ4n) is 1.12. The highest BCUT2D eigenvalue weighted by molar-refractivity contribution is 5.21. The molecular formula is C13H25NO. The predicted molar refractivity (Wildman–Crippen MR) is 67.7 cm³/mol. The van der Waals surface area contributed by atoms with Crippen molar-refractivity contribution in [2.75, 3.05) is 19.7 Å². The minimum Gasteiger partial charge on any atom is -0.482 e. The Bertz CT molecular complexity index is 215. The van der Waals surface area contributed by atoms with E-state index in [0.717, 1.165) is 18.8 Å². The summed E-state index contributed by atoms with van der Waals surface area (Å²) in [5.74, 6) is 0.693. The van der Waals surface area contributed by atoms with E-state index in [1.807, 2.05) is 27.7 Å². The van der Waals surface area contributed by atoms with Gasteiger partial charge in [-0.15, -0.1) is 0 Å². The molecule has 1 rings (SSSR count). The van der Waals surface area contributed by atoms with Crippen molar-refractivity contribution in [3.05, 3.63) is 30.3 Å². The van der Waals surface area contributed by atoms with Gasteiger partial charge < -0.3 is 9.64 Å². The minimum absolute atomic E-state index is 0.693. The second kappa shape index (κ2) is 10.9. The van der Waals surface area contributed by atoms with Gasteiger partial charge in [-0.25, -0.2) is 0 Å². The molecule has 1 fully saturated rings. The molecule has 0 bridgehead atoms. The van der Waals surface area contributed by atoms with Gasteiger partial charge >= 0.3 is 0 Å². The number of ether oxygens (including phenoxy) is 1. The Morgan fingerprint density at radius 3 is 2.27 bits per heavy atom. The number of rotatable bonds is 1. The summed E-state index contributed by atoms with van der Waals surface area (Å²) in [5, 5.41) is 0. The quantitative estimate of drug-likeness (QED) is 0.615. The molecule has 2 nitrogen and oxygen atoms in total. The molecule has 88 valence electrons. The van der Waals surface area contributed by atoms with Crippen LogP contribution in [0.25, 0.3) is 0 Å². The molecule has 1 aliphatic heterocycles. The largest absolute Gasteiger partial charge is 0.482 e. The molecule has 0 aromatic heterocycles. The van der Waals surface area contributed by atoms with Gasteiger partial charge in [0.1, 0.15) is 6.61 Å². The maximum Gasteiger partial charge on any atom is 0.184 e. The highest BCUT2D eigenvalue weighted by atomic mass is 16.5. The second-order valence-corrected chi connectivity index (χ2v) is 2.38. The lowest BCUT2D eigenvalue weighted by Crippen LogP contribution is -2.32. The van der Waals surface area contributed by atoms with Crippen LogP contribution in [-0.2, 0) is 4.74 Å². The topological polar surface area (TPSA) is 12.5 Å². The van der Waals surface area contributed by atoms with Crippen molar-refractivity contribution in [3.63, 3.8) is 0 Å². The fraction of sp³-hybridized carbons (Fsp3) is 0.615. The number of likely N-dealkylation sites (N-methyl/N-ethyl adjacent to an activating group) is 1. The second-order valence-electron chi connectivity index (χ2n) is 2.38. The van der Waals surface area contributed by atoms with Crippen LogP contribution in [0.5, 0.6) is 0 Å². The monoisotopic (exact) mass is 211 g/mol. The fourth-order valence-corrected chi connectivity index (χ4v) is 1.12. The van der Waals surface area contributed by atoms with E-state index in [1.54, 1.807) is 0 Å². The van der Waals surface area contributed by atoms with Gasteiger partial charge in [-0.3, -0.25) is 0 Å². The van der Waals surface area contributed by atoms with Gasteiger partial charge in [0, 0.05) is 6.54 Å². The summed E-state index contributed by atoms with van der Waals surface area (Å²) in [5.41, 5.74) is 3.62. The van der Waals surface area contributed by atoms with Crippen LogP contribution in [-0.4, -0.2) is 24.6 Å². The predicted octanol–water partition coefficient (Wildman–Crippen LogP) is 3.57. The molecule has 15 heavy (non-hydrogen) atoms. The third-order valence-corrected chi connectivity index (χ3v) is 1.79. The number of hydrogen-bond acceptors (Lipinski definition) is 2. The number of hydrogen-bond donors (Lipinski definition) is 0. The molecule has 0 N–H and O–H groups in total. The first-order valence-electron chi connectivity index (χ1n) is 5.76. The van der Waals surface area contributed by atoms with Crippen molar-refractivity contribution in [2.24, 2.45) is 0 Å². The van der Waals surface area contributed by atoms with Crippen LogP contribution < -0.4 is 0 Å². The van der Waals surface area contributed by atoms with Gasteiger partial charge in [0.2, 0.25) is 0 Å². The summed E-state index contributed by atoms with van der Waals surface area (Å²) in [4.78, 5) is 2.15. The SMILES string of the molecule is C=C=C1OCCN(CC)C1=C.CC.CC. The van der Waals surface area contributed by atoms with Crippen LogP contribution in [0, 0.1) is 0 Å². The lowest BCUT2D eigenvalue weighted by molar-refractivity contribution is 0.132. The summed E-state index contributed by atoms with van der Waals surface area (Å²) in [6.45, 7) is 20.1. The van der Waals surface area contributed by atoms with Crippen LogP contribution in [0.4, 0.5) is 0 Å². The van der Waals surface area contributed by atoms with E-state index in [4.69, 9.17) is 4.74 Å².